The van der Waals surface area contributed by atoms with Gasteiger partial charge in [-0.05, 0) is 41.3 Å². The number of benzene rings is 3. The Morgan fingerprint density at radius 3 is 2.04 bits per heavy atom. The number of aryl methyl sites for hydroxylation is 1. The number of hydrogen-bond acceptors (Lipinski definition) is 3. The van der Waals surface area contributed by atoms with Crippen LogP contribution in [0.25, 0.3) is 11.1 Å². The van der Waals surface area contributed by atoms with Gasteiger partial charge in [-0.1, -0.05) is 54.6 Å². The summed E-state index contributed by atoms with van der Waals surface area (Å²) < 4.78 is 0. The van der Waals surface area contributed by atoms with Gasteiger partial charge in [0, 0.05) is 11.6 Å². The molecule has 120 valence electrons. The summed E-state index contributed by atoms with van der Waals surface area (Å²) in [7, 11) is 0. The summed E-state index contributed by atoms with van der Waals surface area (Å²) >= 11 is 0. The van der Waals surface area contributed by atoms with Crippen molar-refractivity contribution >= 4 is 5.69 Å². The second kappa shape index (κ2) is 6.64. The van der Waals surface area contributed by atoms with E-state index in [9.17, 15) is 15.2 Å². The van der Waals surface area contributed by atoms with E-state index in [2.05, 4.69) is 0 Å². The van der Waals surface area contributed by atoms with Crippen LogP contribution in [-0.4, -0.2) is 10.0 Å². The maximum atomic E-state index is 10.9. The van der Waals surface area contributed by atoms with Gasteiger partial charge in [-0.25, -0.2) is 0 Å². The van der Waals surface area contributed by atoms with Crippen LogP contribution in [0.3, 0.4) is 0 Å². The van der Waals surface area contributed by atoms with Gasteiger partial charge in [0.05, 0.1) is 4.92 Å². The number of nitrogens with zero attached hydrogens (tertiary/aromatic N) is 1. The second-order valence-electron chi connectivity index (χ2n) is 5.69. The highest BCUT2D eigenvalue weighted by molar-refractivity contribution is 5.63. The average molecular weight is 319 g/mol. The SMILES string of the molecule is Cc1cc(C(O)c2ccc(-c3ccccc3)cc2)ccc1[N+](=O)[O-]. The molecule has 0 spiro atoms. The fraction of sp³-hybridized carbons (Fsp3) is 0.100. The van der Waals surface area contributed by atoms with Gasteiger partial charge in [-0.15, -0.1) is 0 Å². The molecule has 3 aromatic carbocycles. The van der Waals surface area contributed by atoms with Gasteiger partial charge in [-0.3, -0.25) is 10.1 Å². The van der Waals surface area contributed by atoms with Crippen LogP contribution in [0.15, 0.2) is 72.8 Å². The maximum Gasteiger partial charge on any atom is 0.272 e. The average Bonchev–Trinajstić information content (AvgIpc) is 2.61. The van der Waals surface area contributed by atoms with Crippen molar-refractivity contribution in [1.82, 2.24) is 0 Å². The van der Waals surface area contributed by atoms with Crippen LogP contribution in [-0.2, 0) is 0 Å². The lowest BCUT2D eigenvalue weighted by Gasteiger charge is -2.13. The minimum absolute atomic E-state index is 0.0605. The number of aliphatic hydroxyl groups excluding tert-OH is 1. The molecule has 1 atom stereocenters. The third-order valence-corrected chi connectivity index (χ3v) is 4.07. The number of nitro benzene ring substituents is 1. The van der Waals surface area contributed by atoms with Crippen LogP contribution in [0.5, 0.6) is 0 Å². The van der Waals surface area contributed by atoms with Gasteiger partial charge in [0.2, 0.25) is 0 Å². The smallest absolute Gasteiger partial charge is 0.272 e. The Bertz CT molecular complexity index is 858. The predicted molar refractivity (Wildman–Crippen MR) is 93.8 cm³/mol. The van der Waals surface area contributed by atoms with Crippen molar-refractivity contribution in [3.8, 4) is 11.1 Å². The van der Waals surface area contributed by atoms with Gasteiger partial charge in [0.15, 0.2) is 0 Å². The second-order valence-corrected chi connectivity index (χ2v) is 5.69. The standard InChI is InChI=1S/C20H17NO3/c1-14-13-18(11-12-19(14)21(23)24)20(22)17-9-7-16(8-10-17)15-5-3-2-4-6-15/h2-13,20,22H,1H3. The van der Waals surface area contributed by atoms with Crippen LogP contribution >= 0.6 is 0 Å². The van der Waals surface area contributed by atoms with Crippen molar-refractivity contribution in [2.75, 3.05) is 0 Å². The molecule has 0 aliphatic heterocycles. The summed E-state index contributed by atoms with van der Waals surface area (Å²) in [6.45, 7) is 1.67. The number of nitro groups is 1. The van der Waals surface area contributed by atoms with Crippen molar-refractivity contribution in [2.45, 2.75) is 13.0 Å². The van der Waals surface area contributed by atoms with Crippen LogP contribution < -0.4 is 0 Å². The Labute approximate surface area is 140 Å². The molecule has 4 nitrogen and oxygen atoms in total. The van der Waals surface area contributed by atoms with E-state index in [-0.39, 0.29) is 5.69 Å². The van der Waals surface area contributed by atoms with E-state index in [1.807, 2.05) is 54.6 Å². The fourth-order valence-electron chi connectivity index (χ4n) is 2.73. The van der Waals surface area contributed by atoms with Crippen LogP contribution in [0, 0.1) is 17.0 Å². The molecule has 0 aromatic heterocycles. The lowest BCUT2D eigenvalue weighted by molar-refractivity contribution is -0.385. The summed E-state index contributed by atoms with van der Waals surface area (Å²) in [4.78, 5) is 10.5. The molecule has 3 aromatic rings. The highest BCUT2D eigenvalue weighted by Crippen LogP contribution is 2.28. The zero-order chi connectivity index (χ0) is 17.1. The van der Waals surface area contributed by atoms with E-state index in [0.29, 0.717) is 11.1 Å². The van der Waals surface area contributed by atoms with Crippen molar-refractivity contribution in [3.05, 3.63) is 99.6 Å². The monoisotopic (exact) mass is 319 g/mol. The van der Waals surface area contributed by atoms with Crippen molar-refractivity contribution in [2.24, 2.45) is 0 Å². The molecule has 0 aliphatic rings. The Morgan fingerprint density at radius 1 is 0.875 bits per heavy atom. The van der Waals surface area contributed by atoms with Crippen molar-refractivity contribution in [3.63, 3.8) is 0 Å². The van der Waals surface area contributed by atoms with E-state index in [1.54, 1.807) is 19.1 Å². The van der Waals surface area contributed by atoms with Gasteiger partial charge >= 0.3 is 0 Å². The van der Waals surface area contributed by atoms with E-state index >= 15 is 0 Å². The van der Waals surface area contributed by atoms with E-state index < -0.39 is 11.0 Å². The van der Waals surface area contributed by atoms with Gasteiger partial charge < -0.3 is 5.11 Å². The molecule has 0 saturated heterocycles. The minimum Gasteiger partial charge on any atom is -0.384 e. The molecule has 0 heterocycles. The lowest BCUT2D eigenvalue weighted by atomic mass is 9.97. The van der Waals surface area contributed by atoms with Crippen LogP contribution in [0.4, 0.5) is 5.69 Å². The highest BCUT2D eigenvalue weighted by Gasteiger charge is 2.15. The first kappa shape index (κ1) is 15.9. The summed E-state index contributed by atoms with van der Waals surface area (Å²) in [6, 6.07) is 22.4. The maximum absolute atomic E-state index is 10.9. The van der Waals surface area contributed by atoms with Gasteiger partial charge in [0.1, 0.15) is 6.10 Å². The molecule has 4 heteroatoms. The summed E-state index contributed by atoms with van der Waals surface area (Å²) in [5, 5.41) is 21.4. The van der Waals surface area contributed by atoms with Gasteiger partial charge in [0.25, 0.3) is 5.69 Å². The number of hydrogen-bond donors (Lipinski definition) is 1. The van der Waals surface area contributed by atoms with E-state index in [1.165, 1.54) is 6.07 Å². The molecule has 0 aliphatic carbocycles. The highest BCUT2D eigenvalue weighted by atomic mass is 16.6. The first-order valence-electron chi connectivity index (χ1n) is 7.64. The zero-order valence-electron chi connectivity index (χ0n) is 13.2. The third-order valence-electron chi connectivity index (χ3n) is 4.07. The summed E-state index contributed by atoms with van der Waals surface area (Å²) in [5.41, 5.74) is 4.19. The van der Waals surface area contributed by atoms with Crippen LogP contribution in [0.2, 0.25) is 0 Å². The molecule has 1 N–H and O–H groups in total. The largest absolute Gasteiger partial charge is 0.384 e. The number of aliphatic hydroxyl groups is 1. The van der Waals surface area contributed by atoms with Crippen molar-refractivity contribution < 1.29 is 10.0 Å². The zero-order valence-corrected chi connectivity index (χ0v) is 13.2. The normalized spacial score (nSPS) is 11.9. The molecular weight excluding hydrogens is 302 g/mol. The Morgan fingerprint density at radius 2 is 1.46 bits per heavy atom. The quantitative estimate of drug-likeness (QED) is 0.562. The molecule has 24 heavy (non-hydrogen) atoms. The molecular formula is C20H17NO3. The predicted octanol–water partition coefficient (Wildman–Crippen LogP) is 4.65. The molecule has 3 rings (SSSR count). The molecule has 0 bridgehead atoms. The molecule has 0 radical (unpaired) electrons. The Kier molecular flexibility index (Phi) is 4.40. The van der Waals surface area contributed by atoms with E-state index in [4.69, 9.17) is 0 Å². The first-order chi connectivity index (χ1) is 11.6. The Hall–Kier alpha value is -2.98. The molecule has 0 amide bonds. The molecule has 0 saturated carbocycles. The first-order valence-corrected chi connectivity index (χ1v) is 7.64. The molecule has 0 fully saturated rings. The molecule has 1 unspecified atom stereocenters. The lowest BCUT2D eigenvalue weighted by Crippen LogP contribution is -2.01. The minimum atomic E-state index is -0.811. The topological polar surface area (TPSA) is 63.4 Å². The summed E-state index contributed by atoms with van der Waals surface area (Å²) in [6.07, 6.45) is -0.811. The fourth-order valence-corrected chi connectivity index (χ4v) is 2.73. The number of rotatable bonds is 4. The van der Waals surface area contributed by atoms with Crippen LogP contribution in [0.1, 0.15) is 22.8 Å². The van der Waals surface area contributed by atoms with Crippen molar-refractivity contribution in [1.29, 1.82) is 0 Å². The third kappa shape index (κ3) is 3.19. The Balaban J connectivity index is 1.86. The summed E-state index contributed by atoms with van der Waals surface area (Å²) in [5.74, 6) is 0. The van der Waals surface area contributed by atoms with Gasteiger partial charge in [-0.2, -0.15) is 0 Å². The van der Waals surface area contributed by atoms with E-state index in [0.717, 1.165) is 16.7 Å².